The monoisotopic (exact) mass is 494 g/mol. The predicted molar refractivity (Wildman–Crippen MR) is 140 cm³/mol. The van der Waals surface area contributed by atoms with Crippen LogP contribution in [0.4, 0.5) is 0 Å². The molecule has 192 valence electrons. The molecule has 0 saturated heterocycles. The predicted octanol–water partition coefficient (Wildman–Crippen LogP) is 3.30. The fraction of sp³-hybridized carbons (Fsp3) is 0.393. The van der Waals surface area contributed by atoms with Gasteiger partial charge in [-0.2, -0.15) is 0 Å². The van der Waals surface area contributed by atoms with Crippen molar-refractivity contribution in [3.8, 4) is 34.8 Å². The number of fused-ring (bicyclic) bond motifs is 1. The van der Waals surface area contributed by atoms with E-state index in [-0.39, 0.29) is 18.8 Å². The third-order valence-electron chi connectivity index (χ3n) is 5.47. The van der Waals surface area contributed by atoms with E-state index in [4.69, 9.17) is 18.9 Å². The highest BCUT2D eigenvalue weighted by Gasteiger charge is 2.12. The van der Waals surface area contributed by atoms with Gasteiger partial charge in [-0.15, -0.1) is 0 Å². The molecule has 1 unspecified atom stereocenters. The molecule has 2 aromatic carbocycles. The highest BCUT2D eigenvalue weighted by molar-refractivity contribution is 5.89. The summed E-state index contributed by atoms with van der Waals surface area (Å²) in [6.45, 7) is 3.46. The maximum atomic E-state index is 11.9. The number of benzene rings is 2. The maximum absolute atomic E-state index is 11.9. The molecular weight excluding hydrogens is 460 g/mol. The van der Waals surface area contributed by atoms with E-state index in [0.29, 0.717) is 47.0 Å². The number of H-pyrrole nitrogens is 1. The van der Waals surface area contributed by atoms with Gasteiger partial charge in [-0.05, 0) is 55.3 Å². The van der Waals surface area contributed by atoms with Crippen LogP contribution in [-0.4, -0.2) is 56.7 Å². The summed E-state index contributed by atoms with van der Waals surface area (Å²) >= 11 is 0. The Labute approximate surface area is 211 Å². The fourth-order valence-corrected chi connectivity index (χ4v) is 3.61. The fourth-order valence-electron chi connectivity index (χ4n) is 3.61. The van der Waals surface area contributed by atoms with Gasteiger partial charge in [0.2, 0.25) is 5.56 Å². The molecule has 36 heavy (non-hydrogen) atoms. The highest BCUT2D eigenvalue weighted by atomic mass is 16.5. The molecule has 0 aliphatic carbocycles. The molecule has 8 heteroatoms. The summed E-state index contributed by atoms with van der Waals surface area (Å²) in [6, 6.07) is 12.4. The number of rotatable bonds is 13. The average Bonchev–Trinajstić information content (AvgIpc) is 2.90. The van der Waals surface area contributed by atoms with Crippen LogP contribution in [0.1, 0.15) is 25.3 Å². The van der Waals surface area contributed by atoms with E-state index >= 15 is 0 Å². The number of aliphatic hydroxyl groups excluding tert-OH is 1. The van der Waals surface area contributed by atoms with Crippen molar-refractivity contribution in [1.82, 2.24) is 10.3 Å². The highest BCUT2D eigenvalue weighted by Crippen LogP contribution is 2.31. The van der Waals surface area contributed by atoms with Gasteiger partial charge in [0.15, 0.2) is 11.5 Å². The second-order valence-electron chi connectivity index (χ2n) is 8.17. The maximum Gasteiger partial charge on any atom is 0.248 e. The van der Waals surface area contributed by atoms with Crippen LogP contribution < -0.4 is 29.8 Å². The molecule has 0 spiro atoms. The SMILES string of the molecule is CCCC#CCOc1ccc(OCC(O)CNCCc2ccc(OC)c(OC)c2)c2ccc(=O)[nH]c12. The Morgan fingerprint density at radius 3 is 2.53 bits per heavy atom. The quantitative estimate of drug-likeness (QED) is 0.248. The number of aromatic amines is 1. The van der Waals surface area contributed by atoms with E-state index in [9.17, 15) is 9.90 Å². The van der Waals surface area contributed by atoms with E-state index in [2.05, 4.69) is 29.1 Å². The zero-order valence-corrected chi connectivity index (χ0v) is 21.1. The number of ether oxygens (including phenoxy) is 4. The second kappa shape index (κ2) is 14.0. The van der Waals surface area contributed by atoms with Crippen LogP contribution in [0.5, 0.6) is 23.0 Å². The van der Waals surface area contributed by atoms with E-state index in [1.807, 2.05) is 18.2 Å². The molecular formula is C28H34N2O6. The number of pyridine rings is 1. The number of aliphatic hydroxyl groups is 1. The summed E-state index contributed by atoms with van der Waals surface area (Å²) in [5.74, 6) is 8.46. The van der Waals surface area contributed by atoms with Crippen LogP contribution >= 0.6 is 0 Å². The molecule has 3 N–H and O–H groups in total. The van der Waals surface area contributed by atoms with E-state index in [0.717, 1.165) is 24.8 Å². The summed E-state index contributed by atoms with van der Waals surface area (Å²) in [5.41, 5.74) is 1.41. The first-order valence-corrected chi connectivity index (χ1v) is 12.0. The molecule has 0 saturated carbocycles. The Morgan fingerprint density at radius 2 is 1.75 bits per heavy atom. The lowest BCUT2D eigenvalue weighted by atomic mass is 10.1. The topological polar surface area (TPSA) is 102 Å². The Hall–Kier alpha value is -3.67. The van der Waals surface area contributed by atoms with Crippen molar-refractivity contribution < 1.29 is 24.1 Å². The first kappa shape index (κ1) is 26.9. The van der Waals surface area contributed by atoms with Crippen molar-refractivity contribution in [1.29, 1.82) is 0 Å². The second-order valence-corrected chi connectivity index (χ2v) is 8.17. The van der Waals surface area contributed by atoms with Gasteiger partial charge >= 0.3 is 0 Å². The van der Waals surface area contributed by atoms with Gasteiger partial charge in [0.05, 0.1) is 19.7 Å². The van der Waals surface area contributed by atoms with Crippen molar-refractivity contribution in [2.75, 3.05) is 40.5 Å². The summed E-state index contributed by atoms with van der Waals surface area (Å²) in [4.78, 5) is 14.7. The third kappa shape index (κ3) is 7.67. The molecule has 3 rings (SSSR count). The Balaban J connectivity index is 1.52. The first-order valence-electron chi connectivity index (χ1n) is 12.0. The molecule has 1 heterocycles. The minimum atomic E-state index is -0.710. The molecule has 0 radical (unpaired) electrons. The lowest BCUT2D eigenvalue weighted by molar-refractivity contribution is 0.107. The number of hydrogen-bond donors (Lipinski definition) is 3. The Bertz CT molecular complexity index is 1240. The number of nitrogens with one attached hydrogen (secondary N) is 2. The number of aromatic nitrogens is 1. The number of methoxy groups -OCH3 is 2. The molecule has 1 aromatic heterocycles. The molecule has 0 bridgehead atoms. The minimum Gasteiger partial charge on any atom is -0.493 e. The van der Waals surface area contributed by atoms with Crippen LogP contribution in [0.3, 0.4) is 0 Å². The summed E-state index contributed by atoms with van der Waals surface area (Å²) in [6.07, 6.45) is 1.88. The molecule has 1 atom stereocenters. The molecule has 0 aliphatic rings. The van der Waals surface area contributed by atoms with Crippen molar-refractivity contribution in [3.05, 3.63) is 58.4 Å². The lowest BCUT2D eigenvalue weighted by Crippen LogP contribution is -2.32. The number of unbranched alkanes of at least 4 members (excludes halogenated alkanes) is 1. The zero-order valence-electron chi connectivity index (χ0n) is 21.1. The van der Waals surface area contributed by atoms with Crippen LogP contribution in [0.2, 0.25) is 0 Å². The van der Waals surface area contributed by atoms with Gasteiger partial charge in [0, 0.05) is 24.4 Å². The van der Waals surface area contributed by atoms with Gasteiger partial charge in [-0.1, -0.05) is 24.8 Å². The van der Waals surface area contributed by atoms with Gasteiger partial charge in [0.25, 0.3) is 0 Å². The standard InChI is InChI=1S/C28H34N2O6/c1-4-5-6-7-16-35-25-12-11-23(22-9-13-27(32)30-28(22)25)36-19-21(31)18-29-15-14-20-8-10-24(33-2)26(17-20)34-3/h8-13,17,21,29,31H,4-5,14-16,18-19H2,1-3H3,(H,30,32). The van der Waals surface area contributed by atoms with E-state index in [1.54, 1.807) is 32.4 Å². The van der Waals surface area contributed by atoms with Gasteiger partial charge in [0.1, 0.15) is 30.8 Å². The van der Waals surface area contributed by atoms with E-state index < -0.39 is 6.10 Å². The van der Waals surface area contributed by atoms with Crippen LogP contribution in [-0.2, 0) is 6.42 Å². The lowest BCUT2D eigenvalue weighted by Gasteiger charge is -2.16. The largest absolute Gasteiger partial charge is 0.493 e. The van der Waals surface area contributed by atoms with Gasteiger partial charge < -0.3 is 34.4 Å². The molecule has 3 aromatic rings. The molecule has 0 amide bonds. The van der Waals surface area contributed by atoms with Crippen molar-refractivity contribution >= 4 is 10.9 Å². The minimum absolute atomic E-state index is 0.0975. The van der Waals surface area contributed by atoms with Crippen molar-refractivity contribution in [2.24, 2.45) is 0 Å². The molecule has 0 aliphatic heterocycles. The van der Waals surface area contributed by atoms with Crippen LogP contribution in [0, 0.1) is 11.8 Å². The molecule has 8 nitrogen and oxygen atoms in total. The third-order valence-corrected chi connectivity index (χ3v) is 5.47. The van der Waals surface area contributed by atoms with Crippen LogP contribution in [0.25, 0.3) is 10.9 Å². The van der Waals surface area contributed by atoms with Crippen molar-refractivity contribution in [3.63, 3.8) is 0 Å². The Morgan fingerprint density at radius 1 is 0.972 bits per heavy atom. The zero-order chi connectivity index (χ0) is 25.8. The summed E-state index contributed by atoms with van der Waals surface area (Å²) in [5, 5.41) is 14.3. The summed E-state index contributed by atoms with van der Waals surface area (Å²) < 4.78 is 22.2. The van der Waals surface area contributed by atoms with Gasteiger partial charge in [-0.25, -0.2) is 0 Å². The number of hydrogen-bond acceptors (Lipinski definition) is 7. The smallest absolute Gasteiger partial charge is 0.248 e. The summed E-state index contributed by atoms with van der Waals surface area (Å²) in [7, 11) is 3.22. The van der Waals surface area contributed by atoms with Crippen LogP contribution in [0.15, 0.2) is 47.3 Å². The van der Waals surface area contributed by atoms with Crippen molar-refractivity contribution in [2.45, 2.75) is 32.3 Å². The normalized spacial score (nSPS) is 11.4. The Kier molecular flexibility index (Phi) is 10.5. The molecule has 0 fully saturated rings. The van der Waals surface area contributed by atoms with Gasteiger partial charge in [-0.3, -0.25) is 4.79 Å². The van der Waals surface area contributed by atoms with E-state index in [1.165, 1.54) is 6.07 Å². The average molecular weight is 495 g/mol. The first-order chi connectivity index (χ1) is 17.5.